The van der Waals surface area contributed by atoms with Crippen LogP contribution in [-0.2, 0) is 20.2 Å². The molecule has 0 saturated heterocycles. The molecule has 146 valence electrons. The highest BCUT2D eigenvalue weighted by Crippen LogP contribution is 2.28. The van der Waals surface area contributed by atoms with E-state index < -0.39 is 4.92 Å². The highest BCUT2D eigenvalue weighted by Gasteiger charge is 2.19. The number of aromatic nitrogens is 2. The summed E-state index contributed by atoms with van der Waals surface area (Å²) in [6.07, 6.45) is 1.67. The van der Waals surface area contributed by atoms with Gasteiger partial charge in [-0.1, -0.05) is 6.07 Å². The Morgan fingerprint density at radius 1 is 1.32 bits per heavy atom. The van der Waals surface area contributed by atoms with Crippen LogP contribution in [0.3, 0.4) is 0 Å². The van der Waals surface area contributed by atoms with Crippen molar-refractivity contribution in [2.24, 2.45) is 7.05 Å². The third-order valence-electron chi connectivity index (χ3n) is 4.22. The van der Waals surface area contributed by atoms with Gasteiger partial charge in [0.25, 0.3) is 5.91 Å². The number of amides is 1. The molecule has 0 unspecified atom stereocenters. The number of nitro groups is 1. The van der Waals surface area contributed by atoms with Crippen LogP contribution in [0.2, 0.25) is 0 Å². The first-order valence-corrected chi connectivity index (χ1v) is 8.54. The summed E-state index contributed by atoms with van der Waals surface area (Å²) in [5.74, 6) is 0.427. The highest BCUT2D eigenvalue weighted by molar-refractivity contribution is 5.91. The van der Waals surface area contributed by atoms with Crippen molar-refractivity contribution in [3.05, 3.63) is 75.5 Å². The fourth-order valence-electron chi connectivity index (χ4n) is 2.67. The molecule has 3 aromatic rings. The van der Waals surface area contributed by atoms with E-state index in [1.807, 2.05) is 6.07 Å². The maximum Gasteiger partial charge on any atom is 0.311 e. The van der Waals surface area contributed by atoms with Gasteiger partial charge in [0.05, 0.1) is 17.2 Å². The molecule has 0 aliphatic rings. The van der Waals surface area contributed by atoms with E-state index in [0.29, 0.717) is 12.3 Å². The van der Waals surface area contributed by atoms with Gasteiger partial charge in [0.15, 0.2) is 11.5 Å². The summed E-state index contributed by atoms with van der Waals surface area (Å²) in [6, 6.07) is 9.73. The van der Waals surface area contributed by atoms with Crippen molar-refractivity contribution in [1.82, 2.24) is 14.7 Å². The SMILES string of the molecule is Cc1ccc(OCc2ccc(C(=O)N(C)Cc3ccnn3C)o2)c([N+](=O)[O-])c1. The number of hydrogen-bond acceptors (Lipinski definition) is 6. The standard InChI is InChI=1S/C19H20N4O5/c1-13-4-6-17(16(10-13)23(25)26)27-12-15-5-7-18(28-15)19(24)21(2)11-14-8-9-20-22(14)3/h4-10H,11-12H2,1-3H3. The Balaban J connectivity index is 1.65. The van der Waals surface area contributed by atoms with Crippen molar-refractivity contribution < 1.29 is 18.9 Å². The lowest BCUT2D eigenvalue weighted by Crippen LogP contribution is -2.26. The summed E-state index contributed by atoms with van der Waals surface area (Å²) in [7, 11) is 3.48. The van der Waals surface area contributed by atoms with E-state index in [2.05, 4.69) is 5.10 Å². The molecule has 9 nitrogen and oxygen atoms in total. The predicted octanol–water partition coefficient (Wildman–Crippen LogP) is 3.08. The zero-order chi connectivity index (χ0) is 20.3. The number of carbonyl (C=O) groups excluding carboxylic acids is 1. The molecule has 0 aliphatic carbocycles. The third kappa shape index (κ3) is 4.20. The monoisotopic (exact) mass is 384 g/mol. The second-order valence-electron chi connectivity index (χ2n) is 6.39. The molecule has 1 aromatic carbocycles. The van der Waals surface area contributed by atoms with Crippen molar-refractivity contribution in [3.8, 4) is 5.75 Å². The second kappa shape index (κ2) is 7.95. The summed E-state index contributed by atoms with van der Waals surface area (Å²) in [5, 5.41) is 15.2. The van der Waals surface area contributed by atoms with Crippen LogP contribution in [0.1, 0.15) is 27.6 Å². The van der Waals surface area contributed by atoms with Crippen LogP contribution >= 0.6 is 0 Å². The third-order valence-corrected chi connectivity index (χ3v) is 4.22. The van der Waals surface area contributed by atoms with Crippen LogP contribution in [0.15, 0.2) is 47.0 Å². The molecule has 28 heavy (non-hydrogen) atoms. The lowest BCUT2D eigenvalue weighted by molar-refractivity contribution is -0.386. The normalized spacial score (nSPS) is 10.7. The van der Waals surface area contributed by atoms with Crippen molar-refractivity contribution in [2.75, 3.05) is 7.05 Å². The van der Waals surface area contributed by atoms with E-state index in [0.717, 1.165) is 11.3 Å². The fourth-order valence-corrected chi connectivity index (χ4v) is 2.67. The summed E-state index contributed by atoms with van der Waals surface area (Å²) in [6.45, 7) is 2.13. The Morgan fingerprint density at radius 3 is 2.79 bits per heavy atom. The first-order valence-electron chi connectivity index (χ1n) is 8.54. The molecule has 0 bridgehead atoms. The number of ether oxygens (including phenoxy) is 1. The minimum atomic E-state index is -0.493. The topological polar surface area (TPSA) is 104 Å². The molecule has 2 aromatic heterocycles. The molecule has 1 amide bonds. The lowest BCUT2D eigenvalue weighted by atomic mass is 10.2. The smallest absolute Gasteiger partial charge is 0.311 e. The molecule has 0 N–H and O–H groups in total. The Bertz CT molecular complexity index is 1010. The summed E-state index contributed by atoms with van der Waals surface area (Å²) < 4.78 is 12.8. The minimum Gasteiger partial charge on any atom is -0.479 e. The molecule has 2 heterocycles. The number of rotatable bonds is 7. The Kier molecular flexibility index (Phi) is 5.44. The van der Waals surface area contributed by atoms with Gasteiger partial charge in [0.1, 0.15) is 12.4 Å². The largest absolute Gasteiger partial charge is 0.479 e. The van der Waals surface area contributed by atoms with E-state index in [9.17, 15) is 14.9 Å². The maximum atomic E-state index is 12.5. The number of furan rings is 1. The van der Waals surface area contributed by atoms with Crippen molar-refractivity contribution in [2.45, 2.75) is 20.1 Å². The van der Waals surface area contributed by atoms with Gasteiger partial charge < -0.3 is 14.1 Å². The number of nitrogens with zero attached hydrogens (tertiary/aromatic N) is 4. The zero-order valence-electron chi connectivity index (χ0n) is 15.8. The van der Waals surface area contributed by atoms with E-state index in [4.69, 9.17) is 9.15 Å². The van der Waals surface area contributed by atoms with Crippen molar-refractivity contribution in [3.63, 3.8) is 0 Å². The lowest BCUT2D eigenvalue weighted by Gasteiger charge is -2.15. The van der Waals surface area contributed by atoms with Gasteiger partial charge in [-0.15, -0.1) is 0 Å². The van der Waals surface area contributed by atoms with Gasteiger partial charge in [-0.05, 0) is 36.8 Å². The number of aryl methyl sites for hydroxylation is 2. The van der Waals surface area contributed by atoms with E-state index in [1.54, 1.807) is 56.2 Å². The quantitative estimate of drug-likeness (QED) is 0.458. The summed E-state index contributed by atoms with van der Waals surface area (Å²) >= 11 is 0. The van der Waals surface area contributed by atoms with Gasteiger partial charge in [0.2, 0.25) is 0 Å². The summed E-state index contributed by atoms with van der Waals surface area (Å²) in [4.78, 5) is 24.7. The van der Waals surface area contributed by atoms with Crippen molar-refractivity contribution >= 4 is 11.6 Å². The molecule has 0 saturated carbocycles. The van der Waals surface area contributed by atoms with Gasteiger partial charge in [-0.3, -0.25) is 19.6 Å². The molecule has 0 aliphatic heterocycles. The molecule has 0 fully saturated rings. The van der Waals surface area contributed by atoms with Crippen molar-refractivity contribution in [1.29, 1.82) is 0 Å². The predicted molar refractivity (Wildman–Crippen MR) is 99.9 cm³/mol. The fraction of sp³-hybridized carbons (Fsp3) is 0.263. The Labute approximate surface area is 161 Å². The minimum absolute atomic E-state index is 0.0252. The number of benzene rings is 1. The summed E-state index contributed by atoms with van der Waals surface area (Å²) in [5.41, 5.74) is 1.54. The first-order chi connectivity index (χ1) is 13.3. The molecule has 0 radical (unpaired) electrons. The average molecular weight is 384 g/mol. The number of nitro benzene ring substituents is 1. The second-order valence-corrected chi connectivity index (χ2v) is 6.39. The van der Waals surface area contributed by atoms with Gasteiger partial charge in [-0.25, -0.2) is 0 Å². The molecule has 3 rings (SSSR count). The molecule has 9 heteroatoms. The van der Waals surface area contributed by atoms with Crippen LogP contribution in [0, 0.1) is 17.0 Å². The van der Waals surface area contributed by atoms with E-state index >= 15 is 0 Å². The molecule has 0 atom stereocenters. The first kappa shape index (κ1) is 19.2. The molecular formula is C19H20N4O5. The van der Waals surface area contributed by atoms with Crippen LogP contribution < -0.4 is 4.74 Å². The number of hydrogen-bond donors (Lipinski definition) is 0. The molecular weight excluding hydrogens is 364 g/mol. The van der Waals surface area contributed by atoms with Crippen LogP contribution in [-0.4, -0.2) is 32.6 Å². The van der Waals surface area contributed by atoms with E-state index in [1.165, 1.54) is 11.0 Å². The van der Waals surface area contributed by atoms with Crippen LogP contribution in [0.4, 0.5) is 5.69 Å². The highest BCUT2D eigenvalue weighted by atomic mass is 16.6. The van der Waals surface area contributed by atoms with Gasteiger partial charge in [-0.2, -0.15) is 5.10 Å². The Hall–Kier alpha value is -3.62. The Morgan fingerprint density at radius 2 is 2.11 bits per heavy atom. The van der Waals surface area contributed by atoms with E-state index in [-0.39, 0.29) is 29.7 Å². The zero-order valence-corrected chi connectivity index (χ0v) is 15.8. The van der Waals surface area contributed by atoms with Crippen LogP contribution in [0.5, 0.6) is 5.75 Å². The molecule has 0 spiro atoms. The number of carbonyl (C=O) groups is 1. The van der Waals surface area contributed by atoms with Gasteiger partial charge >= 0.3 is 5.69 Å². The average Bonchev–Trinajstić information content (AvgIpc) is 3.29. The van der Waals surface area contributed by atoms with Crippen LogP contribution in [0.25, 0.3) is 0 Å². The maximum absolute atomic E-state index is 12.5. The van der Waals surface area contributed by atoms with Gasteiger partial charge in [0, 0.05) is 26.4 Å².